The van der Waals surface area contributed by atoms with Gasteiger partial charge in [-0.2, -0.15) is 0 Å². The number of aliphatic imine (C=N–C) groups is 2. The van der Waals surface area contributed by atoms with Crippen LogP contribution < -0.4 is 5.32 Å². The fraction of sp³-hybridized carbons (Fsp3) is 0.318. The van der Waals surface area contributed by atoms with Crippen LogP contribution in [0.4, 0.5) is 8.78 Å². The molecule has 1 amide bonds. The zero-order valence-electron chi connectivity index (χ0n) is 17.5. The van der Waals surface area contributed by atoms with Gasteiger partial charge in [-0.15, -0.1) is 0 Å². The molecule has 0 aliphatic carbocycles. The minimum Gasteiger partial charge on any atom is -0.328 e. The quantitative estimate of drug-likeness (QED) is 0.481. The largest absolute Gasteiger partial charge is 0.328 e. The maximum absolute atomic E-state index is 14.6. The summed E-state index contributed by atoms with van der Waals surface area (Å²) in [6.07, 6.45) is 5.40. The summed E-state index contributed by atoms with van der Waals surface area (Å²) >= 11 is 5.81. The van der Waals surface area contributed by atoms with Gasteiger partial charge in [-0.25, -0.2) is 18.7 Å². The molecule has 32 heavy (non-hydrogen) atoms. The summed E-state index contributed by atoms with van der Waals surface area (Å²) in [7, 11) is 0. The average Bonchev–Trinajstić information content (AvgIpc) is 3.07. The SMILES string of the molecule is C=N/C=C(/Cl)C=NCNCC1N(C(=O)c2cccc(C)c2-c2ncccn2)CCC1(F)F. The summed E-state index contributed by atoms with van der Waals surface area (Å²) < 4.78 is 29.3. The molecule has 1 aliphatic heterocycles. The van der Waals surface area contributed by atoms with Crippen molar-refractivity contribution in [2.24, 2.45) is 9.98 Å². The molecule has 1 saturated heterocycles. The Labute approximate surface area is 190 Å². The van der Waals surface area contributed by atoms with E-state index < -0.39 is 24.3 Å². The molecule has 1 atom stereocenters. The number of benzene rings is 1. The third kappa shape index (κ3) is 5.41. The Morgan fingerprint density at radius 1 is 1.38 bits per heavy atom. The second kappa shape index (κ2) is 10.5. The molecule has 168 valence electrons. The molecule has 1 aromatic carbocycles. The Morgan fingerprint density at radius 3 is 2.84 bits per heavy atom. The molecular formula is C22H23ClF2N6O. The lowest BCUT2D eigenvalue weighted by Gasteiger charge is -2.28. The van der Waals surface area contributed by atoms with Crippen molar-refractivity contribution in [3.05, 3.63) is 59.0 Å². The number of rotatable bonds is 8. The van der Waals surface area contributed by atoms with E-state index in [0.29, 0.717) is 17.0 Å². The smallest absolute Gasteiger partial charge is 0.271 e. The van der Waals surface area contributed by atoms with Crippen molar-refractivity contribution in [2.45, 2.75) is 25.3 Å². The molecule has 0 bridgehead atoms. The molecular weight excluding hydrogens is 438 g/mol. The Balaban J connectivity index is 1.79. The van der Waals surface area contributed by atoms with Crippen molar-refractivity contribution >= 4 is 30.4 Å². The highest BCUT2D eigenvalue weighted by Crippen LogP contribution is 2.36. The third-order valence-corrected chi connectivity index (χ3v) is 5.27. The molecule has 0 saturated carbocycles. The summed E-state index contributed by atoms with van der Waals surface area (Å²) in [5.74, 6) is -3.13. The normalized spacial score (nSPS) is 18.3. The monoisotopic (exact) mass is 460 g/mol. The van der Waals surface area contributed by atoms with E-state index in [4.69, 9.17) is 11.6 Å². The lowest BCUT2D eigenvalue weighted by Crippen LogP contribution is -2.48. The number of amides is 1. The molecule has 2 aromatic rings. The highest BCUT2D eigenvalue weighted by atomic mass is 35.5. The molecule has 7 nitrogen and oxygen atoms in total. The van der Waals surface area contributed by atoms with Crippen LogP contribution in [-0.2, 0) is 0 Å². The first-order valence-electron chi connectivity index (χ1n) is 9.93. The van der Waals surface area contributed by atoms with Crippen molar-refractivity contribution in [3.63, 3.8) is 0 Å². The van der Waals surface area contributed by atoms with E-state index in [2.05, 4.69) is 32.0 Å². The summed E-state index contributed by atoms with van der Waals surface area (Å²) in [4.78, 5) is 30.6. The van der Waals surface area contributed by atoms with Gasteiger partial charge in [0.2, 0.25) is 0 Å². The van der Waals surface area contributed by atoms with Gasteiger partial charge in [0, 0.05) is 49.9 Å². The van der Waals surface area contributed by atoms with Gasteiger partial charge in [0.05, 0.1) is 17.3 Å². The van der Waals surface area contributed by atoms with Crippen LogP contribution in [0.5, 0.6) is 0 Å². The van der Waals surface area contributed by atoms with Crippen molar-refractivity contribution in [1.82, 2.24) is 20.2 Å². The fourth-order valence-electron chi connectivity index (χ4n) is 3.57. The lowest BCUT2D eigenvalue weighted by molar-refractivity contribution is -0.0286. The molecule has 2 heterocycles. The van der Waals surface area contributed by atoms with Crippen molar-refractivity contribution in [1.29, 1.82) is 0 Å². The molecule has 1 unspecified atom stereocenters. The second-order valence-corrected chi connectivity index (χ2v) is 7.65. The molecule has 1 aliphatic rings. The number of carbonyl (C=O) groups excluding carboxylic acids is 1. The second-order valence-electron chi connectivity index (χ2n) is 7.22. The zero-order chi connectivity index (χ0) is 23.1. The number of likely N-dealkylation sites (tertiary alicyclic amines) is 1. The molecule has 1 aromatic heterocycles. The first kappa shape index (κ1) is 23.6. The topological polar surface area (TPSA) is 82.8 Å². The van der Waals surface area contributed by atoms with Gasteiger partial charge in [0.15, 0.2) is 5.82 Å². The van der Waals surface area contributed by atoms with Crippen LogP contribution in [0.1, 0.15) is 22.3 Å². The van der Waals surface area contributed by atoms with E-state index >= 15 is 0 Å². The lowest BCUT2D eigenvalue weighted by atomic mass is 9.99. The van der Waals surface area contributed by atoms with Crippen LogP contribution in [0.2, 0.25) is 0 Å². The van der Waals surface area contributed by atoms with Crippen molar-refractivity contribution in [2.75, 3.05) is 19.8 Å². The number of nitrogens with one attached hydrogen (secondary N) is 1. The first-order valence-corrected chi connectivity index (χ1v) is 10.3. The molecule has 0 radical (unpaired) electrons. The molecule has 0 spiro atoms. The zero-order valence-corrected chi connectivity index (χ0v) is 18.3. The van der Waals surface area contributed by atoms with Crippen molar-refractivity contribution in [3.8, 4) is 11.4 Å². The van der Waals surface area contributed by atoms with Crippen LogP contribution >= 0.6 is 11.6 Å². The van der Waals surface area contributed by atoms with Crippen molar-refractivity contribution < 1.29 is 13.6 Å². The minimum atomic E-state index is -3.02. The number of carbonyl (C=O) groups is 1. The Kier molecular flexibility index (Phi) is 7.76. The highest BCUT2D eigenvalue weighted by Gasteiger charge is 2.50. The van der Waals surface area contributed by atoms with Gasteiger partial charge in [0.25, 0.3) is 11.8 Å². The molecule has 10 heteroatoms. The predicted molar refractivity (Wildman–Crippen MR) is 121 cm³/mol. The van der Waals surface area contributed by atoms with E-state index in [1.807, 2.05) is 13.0 Å². The van der Waals surface area contributed by atoms with Gasteiger partial charge < -0.3 is 4.90 Å². The van der Waals surface area contributed by atoms with Gasteiger partial charge in [0.1, 0.15) is 6.04 Å². The number of aryl methyl sites for hydroxylation is 1. The predicted octanol–water partition coefficient (Wildman–Crippen LogP) is 3.70. The summed E-state index contributed by atoms with van der Waals surface area (Å²) in [5.41, 5.74) is 1.63. The van der Waals surface area contributed by atoms with E-state index in [1.54, 1.807) is 30.6 Å². The summed E-state index contributed by atoms with van der Waals surface area (Å²) in [6, 6.07) is 5.54. The number of halogens is 3. The van der Waals surface area contributed by atoms with E-state index in [0.717, 1.165) is 5.56 Å². The molecule has 3 rings (SSSR count). The number of allylic oxidation sites excluding steroid dienone is 1. The van der Waals surface area contributed by atoms with Crippen LogP contribution in [0.3, 0.4) is 0 Å². The average molecular weight is 461 g/mol. The number of aromatic nitrogens is 2. The number of hydrogen-bond acceptors (Lipinski definition) is 6. The number of alkyl halides is 2. The van der Waals surface area contributed by atoms with Crippen LogP contribution in [0.25, 0.3) is 11.4 Å². The summed E-state index contributed by atoms with van der Waals surface area (Å²) in [6.45, 7) is 4.99. The fourth-order valence-corrected chi connectivity index (χ4v) is 3.71. The Bertz CT molecular complexity index is 1030. The van der Waals surface area contributed by atoms with E-state index in [1.165, 1.54) is 17.3 Å². The molecule has 1 fully saturated rings. The van der Waals surface area contributed by atoms with Gasteiger partial charge in [-0.3, -0.25) is 20.1 Å². The number of hydrogen-bond donors (Lipinski definition) is 1. The number of nitrogens with zero attached hydrogens (tertiary/aromatic N) is 5. The van der Waals surface area contributed by atoms with Gasteiger partial charge in [-0.1, -0.05) is 23.7 Å². The Morgan fingerprint density at radius 2 is 2.12 bits per heavy atom. The molecule has 1 N–H and O–H groups in total. The summed E-state index contributed by atoms with van der Waals surface area (Å²) in [5, 5.41) is 3.11. The maximum atomic E-state index is 14.6. The van der Waals surface area contributed by atoms with Gasteiger partial charge in [-0.05, 0) is 31.3 Å². The van der Waals surface area contributed by atoms with E-state index in [-0.39, 0.29) is 24.8 Å². The van der Waals surface area contributed by atoms with Crippen LogP contribution in [-0.4, -0.2) is 65.4 Å². The third-order valence-electron chi connectivity index (χ3n) is 5.07. The van der Waals surface area contributed by atoms with Crippen LogP contribution in [0.15, 0.2) is 57.9 Å². The highest BCUT2D eigenvalue weighted by molar-refractivity contribution is 6.39. The first-order chi connectivity index (χ1) is 15.3. The minimum absolute atomic E-state index is 0.0515. The standard InChI is InChI=1S/C22H23ClF2N6O/c1-15-5-3-6-17(19(15)20-29-8-4-9-30-20)21(32)31-10-7-22(24,25)18(31)13-28-14-27-12-16(23)11-26-2/h3-6,8-9,11-12,18,28H,2,7,10,13-14H2,1H3/b16-11+,27-12?. The van der Waals surface area contributed by atoms with Crippen LogP contribution in [0, 0.1) is 6.92 Å². The van der Waals surface area contributed by atoms with E-state index in [9.17, 15) is 13.6 Å². The maximum Gasteiger partial charge on any atom is 0.271 e. The Hall–Kier alpha value is -3.04. The van der Waals surface area contributed by atoms with Gasteiger partial charge >= 0.3 is 0 Å².